The van der Waals surface area contributed by atoms with Gasteiger partial charge in [-0.2, -0.15) is 0 Å². The number of aromatic nitrogens is 1. The van der Waals surface area contributed by atoms with Crippen LogP contribution < -0.4 is 10.6 Å². The maximum absolute atomic E-state index is 12.2. The highest BCUT2D eigenvalue weighted by Gasteiger charge is 2.09. The van der Waals surface area contributed by atoms with Crippen LogP contribution in [0.15, 0.2) is 36.5 Å². The second-order valence-corrected chi connectivity index (χ2v) is 4.73. The van der Waals surface area contributed by atoms with Crippen LogP contribution in [0.1, 0.15) is 28.4 Å². The Morgan fingerprint density at radius 2 is 2.00 bits per heavy atom. The molecule has 2 N–H and O–H groups in total. The first-order valence-electron chi connectivity index (χ1n) is 6.68. The molecule has 0 saturated heterocycles. The van der Waals surface area contributed by atoms with Gasteiger partial charge in [0.05, 0.1) is 11.9 Å². The predicted molar refractivity (Wildman–Crippen MR) is 82.3 cm³/mol. The quantitative estimate of drug-likeness (QED) is 0.894. The number of amides is 1. The van der Waals surface area contributed by atoms with Gasteiger partial charge in [-0.3, -0.25) is 4.79 Å². The van der Waals surface area contributed by atoms with E-state index in [0.717, 1.165) is 23.5 Å². The van der Waals surface area contributed by atoms with Crippen LogP contribution in [0.3, 0.4) is 0 Å². The highest BCUT2D eigenvalue weighted by atomic mass is 16.1. The van der Waals surface area contributed by atoms with E-state index in [1.807, 2.05) is 51.1 Å². The number of benzene rings is 1. The Hall–Kier alpha value is -2.36. The maximum Gasteiger partial charge on any atom is 0.255 e. The molecule has 2 aromatic rings. The maximum atomic E-state index is 12.2. The summed E-state index contributed by atoms with van der Waals surface area (Å²) in [5.74, 6) is 0.696. The summed E-state index contributed by atoms with van der Waals surface area (Å²) in [6, 6.07) is 9.54. The highest BCUT2D eigenvalue weighted by Crippen LogP contribution is 2.14. The third-order valence-electron chi connectivity index (χ3n) is 3.02. The van der Waals surface area contributed by atoms with E-state index in [1.165, 1.54) is 0 Å². The lowest BCUT2D eigenvalue weighted by Gasteiger charge is -2.09. The number of pyridine rings is 1. The molecule has 0 bridgehead atoms. The number of aryl methyl sites for hydroxylation is 2. The molecule has 0 fully saturated rings. The van der Waals surface area contributed by atoms with Gasteiger partial charge in [0.25, 0.3) is 5.91 Å². The van der Waals surface area contributed by atoms with Crippen molar-refractivity contribution >= 4 is 17.4 Å². The molecule has 2 rings (SSSR count). The number of hydrogen-bond donors (Lipinski definition) is 2. The van der Waals surface area contributed by atoms with Crippen LogP contribution in [0.25, 0.3) is 0 Å². The fraction of sp³-hybridized carbons (Fsp3) is 0.250. The first-order chi connectivity index (χ1) is 9.60. The fourth-order valence-electron chi connectivity index (χ4n) is 1.93. The molecule has 0 spiro atoms. The van der Waals surface area contributed by atoms with Crippen LogP contribution in [-0.2, 0) is 0 Å². The largest absolute Gasteiger partial charge is 0.370 e. The molecule has 0 saturated carbocycles. The molecule has 0 atom stereocenters. The zero-order valence-corrected chi connectivity index (χ0v) is 12.0. The van der Waals surface area contributed by atoms with Crippen LogP contribution in [0.4, 0.5) is 11.5 Å². The summed E-state index contributed by atoms with van der Waals surface area (Å²) in [7, 11) is 0. The van der Waals surface area contributed by atoms with Crippen molar-refractivity contribution in [3.63, 3.8) is 0 Å². The van der Waals surface area contributed by atoms with Gasteiger partial charge < -0.3 is 10.6 Å². The van der Waals surface area contributed by atoms with Gasteiger partial charge in [-0.25, -0.2) is 4.98 Å². The minimum Gasteiger partial charge on any atom is -0.370 e. The lowest BCUT2D eigenvalue weighted by atomic mass is 10.1. The molecule has 0 unspecified atom stereocenters. The van der Waals surface area contributed by atoms with Gasteiger partial charge >= 0.3 is 0 Å². The zero-order valence-electron chi connectivity index (χ0n) is 12.0. The molecular formula is C16H19N3O. The highest BCUT2D eigenvalue weighted by molar-refractivity contribution is 6.05. The normalized spacial score (nSPS) is 10.2. The molecule has 1 aromatic heterocycles. The molecule has 0 aliphatic rings. The summed E-state index contributed by atoms with van der Waals surface area (Å²) >= 11 is 0. The third-order valence-corrected chi connectivity index (χ3v) is 3.02. The van der Waals surface area contributed by atoms with Gasteiger partial charge in [-0.05, 0) is 44.5 Å². The van der Waals surface area contributed by atoms with E-state index in [4.69, 9.17) is 0 Å². The second kappa shape index (κ2) is 6.19. The topological polar surface area (TPSA) is 54.0 Å². The van der Waals surface area contributed by atoms with E-state index in [9.17, 15) is 4.79 Å². The summed E-state index contributed by atoms with van der Waals surface area (Å²) in [5.41, 5.74) is 3.42. The van der Waals surface area contributed by atoms with Crippen LogP contribution in [-0.4, -0.2) is 17.4 Å². The van der Waals surface area contributed by atoms with E-state index in [-0.39, 0.29) is 5.91 Å². The molecule has 1 heterocycles. The van der Waals surface area contributed by atoms with E-state index >= 15 is 0 Å². The Bertz CT molecular complexity index is 606. The number of anilines is 2. The SMILES string of the molecule is CCNc1ccc(NC(=O)c2cc(C)ccc2C)cn1. The Morgan fingerprint density at radius 1 is 1.20 bits per heavy atom. The number of nitrogens with one attached hydrogen (secondary N) is 2. The Labute approximate surface area is 119 Å². The summed E-state index contributed by atoms with van der Waals surface area (Å²) in [6.07, 6.45) is 1.65. The van der Waals surface area contributed by atoms with Crippen LogP contribution in [0.2, 0.25) is 0 Å². The van der Waals surface area contributed by atoms with Crippen molar-refractivity contribution in [1.82, 2.24) is 4.98 Å². The first kappa shape index (κ1) is 14.1. The number of rotatable bonds is 4. The zero-order chi connectivity index (χ0) is 14.5. The Kier molecular flexibility index (Phi) is 4.35. The molecule has 0 aliphatic heterocycles. The molecule has 4 heteroatoms. The average molecular weight is 269 g/mol. The van der Waals surface area contributed by atoms with Gasteiger partial charge in [0.15, 0.2) is 0 Å². The monoisotopic (exact) mass is 269 g/mol. The molecule has 0 aliphatic carbocycles. The van der Waals surface area contributed by atoms with Crippen LogP contribution in [0.5, 0.6) is 0 Å². The number of carbonyl (C=O) groups is 1. The van der Waals surface area contributed by atoms with Gasteiger partial charge in [0.1, 0.15) is 5.82 Å². The van der Waals surface area contributed by atoms with Crippen LogP contribution in [0, 0.1) is 13.8 Å². The van der Waals surface area contributed by atoms with E-state index in [0.29, 0.717) is 11.3 Å². The van der Waals surface area contributed by atoms with Gasteiger partial charge in [-0.15, -0.1) is 0 Å². The molecule has 0 radical (unpaired) electrons. The average Bonchev–Trinajstić information content (AvgIpc) is 2.44. The minimum absolute atomic E-state index is 0.107. The predicted octanol–water partition coefficient (Wildman–Crippen LogP) is 3.38. The molecule has 1 aromatic carbocycles. The number of hydrogen-bond acceptors (Lipinski definition) is 3. The van der Waals surface area contributed by atoms with Crippen LogP contribution >= 0.6 is 0 Å². The molecule has 1 amide bonds. The molecule has 20 heavy (non-hydrogen) atoms. The van der Waals surface area contributed by atoms with Crippen molar-refractivity contribution in [2.24, 2.45) is 0 Å². The summed E-state index contributed by atoms with van der Waals surface area (Å²) < 4.78 is 0. The van der Waals surface area contributed by atoms with Gasteiger partial charge in [0, 0.05) is 12.1 Å². The van der Waals surface area contributed by atoms with Crippen molar-refractivity contribution in [3.8, 4) is 0 Å². The Morgan fingerprint density at radius 3 is 2.65 bits per heavy atom. The van der Waals surface area contributed by atoms with E-state index in [2.05, 4.69) is 15.6 Å². The number of nitrogens with zero attached hydrogens (tertiary/aromatic N) is 1. The fourth-order valence-corrected chi connectivity index (χ4v) is 1.93. The van der Waals surface area contributed by atoms with Crippen molar-refractivity contribution < 1.29 is 4.79 Å². The lowest BCUT2D eigenvalue weighted by Crippen LogP contribution is -2.14. The Balaban J connectivity index is 2.13. The summed E-state index contributed by atoms with van der Waals surface area (Å²) in [6.45, 7) is 6.74. The lowest BCUT2D eigenvalue weighted by molar-refractivity contribution is 0.102. The molecular weight excluding hydrogens is 250 g/mol. The second-order valence-electron chi connectivity index (χ2n) is 4.73. The van der Waals surface area contributed by atoms with Crippen molar-refractivity contribution in [3.05, 3.63) is 53.2 Å². The van der Waals surface area contributed by atoms with Crippen molar-refractivity contribution in [2.75, 3.05) is 17.2 Å². The van der Waals surface area contributed by atoms with Gasteiger partial charge in [-0.1, -0.05) is 17.7 Å². The summed E-state index contributed by atoms with van der Waals surface area (Å²) in [5, 5.41) is 5.98. The third kappa shape index (κ3) is 3.35. The standard InChI is InChI=1S/C16H19N3O/c1-4-17-15-8-7-13(10-18-15)19-16(20)14-9-11(2)5-6-12(14)3/h5-10H,4H2,1-3H3,(H,17,18)(H,19,20). The number of carbonyl (C=O) groups excluding carboxylic acids is 1. The minimum atomic E-state index is -0.107. The molecule has 4 nitrogen and oxygen atoms in total. The van der Waals surface area contributed by atoms with E-state index < -0.39 is 0 Å². The van der Waals surface area contributed by atoms with Crippen molar-refractivity contribution in [2.45, 2.75) is 20.8 Å². The van der Waals surface area contributed by atoms with Gasteiger partial charge in [0.2, 0.25) is 0 Å². The smallest absolute Gasteiger partial charge is 0.255 e. The van der Waals surface area contributed by atoms with E-state index in [1.54, 1.807) is 6.20 Å². The molecule has 104 valence electrons. The first-order valence-corrected chi connectivity index (χ1v) is 6.68. The summed E-state index contributed by atoms with van der Waals surface area (Å²) in [4.78, 5) is 16.5. The van der Waals surface area contributed by atoms with Crippen molar-refractivity contribution in [1.29, 1.82) is 0 Å².